The summed E-state index contributed by atoms with van der Waals surface area (Å²) in [5, 5.41) is 6.51. The summed E-state index contributed by atoms with van der Waals surface area (Å²) in [7, 11) is -3.73. The highest BCUT2D eigenvalue weighted by Gasteiger charge is 2.21. The van der Waals surface area contributed by atoms with Gasteiger partial charge in [-0.15, -0.1) is 10.2 Å². The molecule has 0 aliphatic carbocycles. The van der Waals surface area contributed by atoms with Crippen molar-refractivity contribution in [3.05, 3.63) is 59.0 Å². The second kappa shape index (κ2) is 7.76. The fourth-order valence-electron chi connectivity index (χ4n) is 2.27. The number of sulfonamides is 1. The lowest BCUT2D eigenvalue weighted by Crippen LogP contribution is -2.29. The number of hydrogen-bond donors (Lipinski definition) is 0. The first-order valence-electron chi connectivity index (χ1n) is 7.65. The summed E-state index contributed by atoms with van der Waals surface area (Å²) < 4.78 is 68.5. The minimum absolute atomic E-state index is 0.139. The molecule has 0 N–H and O–H groups in total. The molecule has 3 aromatic rings. The molecule has 3 rings (SSSR count). The lowest BCUT2D eigenvalue weighted by atomic mass is 10.2. The van der Waals surface area contributed by atoms with E-state index in [1.807, 2.05) is 0 Å². The van der Waals surface area contributed by atoms with Crippen molar-refractivity contribution in [2.75, 3.05) is 10.6 Å². The van der Waals surface area contributed by atoms with Crippen LogP contribution in [0.3, 0.4) is 0 Å². The number of hydrogen-bond acceptors (Lipinski definition) is 6. The topological polar surface area (TPSA) is 89.2 Å². The molecular formula is C16H12ClF3N4O3S. The van der Waals surface area contributed by atoms with Gasteiger partial charge in [0.05, 0.1) is 34.8 Å². The van der Waals surface area contributed by atoms with Crippen molar-refractivity contribution in [2.45, 2.75) is 13.0 Å². The molecule has 0 spiro atoms. The van der Waals surface area contributed by atoms with Gasteiger partial charge in [-0.1, -0.05) is 11.6 Å². The van der Waals surface area contributed by atoms with Crippen LogP contribution in [0.15, 0.2) is 40.9 Å². The van der Waals surface area contributed by atoms with Crippen LogP contribution < -0.4 is 4.31 Å². The van der Waals surface area contributed by atoms with E-state index in [4.69, 9.17) is 16.0 Å². The molecule has 2 aromatic heterocycles. The van der Waals surface area contributed by atoms with Crippen LogP contribution in [0.1, 0.15) is 18.0 Å². The first kappa shape index (κ1) is 20.1. The molecule has 0 radical (unpaired) electrons. The van der Waals surface area contributed by atoms with E-state index in [2.05, 4.69) is 15.2 Å². The lowest BCUT2D eigenvalue weighted by Gasteiger charge is -2.22. The number of pyridine rings is 1. The number of benzene rings is 1. The third-order valence-corrected chi connectivity index (χ3v) is 5.03. The number of anilines is 1. The largest absolute Gasteiger partial charge is 0.415 e. The Morgan fingerprint density at radius 2 is 1.96 bits per heavy atom. The van der Waals surface area contributed by atoms with Gasteiger partial charge in [-0.25, -0.2) is 12.8 Å². The van der Waals surface area contributed by atoms with Gasteiger partial charge >= 0.3 is 6.43 Å². The second-order valence-corrected chi connectivity index (χ2v) is 7.97. The van der Waals surface area contributed by atoms with E-state index in [0.717, 1.165) is 16.6 Å². The zero-order chi connectivity index (χ0) is 20.5. The summed E-state index contributed by atoms with van der Waals surface area (Å²) in [6, 6.07) is 6.48. The maximum atomic E-state index is 13.4. The molecule has 0 aliphatic heterocycles. The Labute approximate surface area is 162 Å². The third kappa shape index (κ3) is 4.42. The van der Waals surface area contributed by atoms with Gasteiger partial charge in [-0.2, -0.15) is 8.78 Å². The summed E-state index contributed by atoms with van der Waals surface area (Å²) in [6.45, 7) is -0.160. The highest BCUT2D eigenvalue weighted by atomic mass is 35.5. The van der Waals surface area contributed by atoms with Crippen molar-refractivity contribution >= 4 is 27.3 Å². The van der Waals surface area contributed by atoms with Crippen LogP contribution >= 0.6 is 11.6 Å². The van der Waals surface area contributed by atoms with Crippen molar-refractivity contribution in [1.29, 1.82) is 0 Å². The third-order valence-electron chi connectivity index (χ3n) is 3.60. The maximum Gasteiger partial charge on any atom is 0.314 e. The van der Waals surface area contributed by atoms with Crippen LogP contribution in [-0.2, 0) is 16.6 Å². The first-order chi connectivity index (χ1) is 13.1. The Balaban J connectivity index is 1.86. The van der Waals surface area contributed by atoms with Crippen LogP contribution in [0, 0.1) is 5.82 Å². The molecule has 0 amide bonds. The monoisotopic (exact) mass is 432 g/mol. The second-order valence-electron chi connectivity index (χ2n) is 5.65. The Morgan fingerprint density at radius 3 is 2.50 bits per heavy atom. The number of nitrogens with zero attached hydrogens (tertiary/aromatic N) is 4. The molecule has 28 heavy (non-hydrogen) atoms. The van der Waals surface area contributed by atoms with E-state index < -0.39 is 28.2 Å². The number of alkyl halides is 2. The highest BCUT2D eigenvalue weighted by molar-refractivity contribution is 7.92. The molecule has 0 aliphatic rings. The molecule has 0 atom stereocenters. The van der Waals surface area contributed by atoms with Gasteiger partial charge < -0.3 is 4.42 Å². The minimum Gasteiger partial charge on any atom is -0.415 e. The van der Waals surface area contributed by atoms with Gasteiger partial charge in [0.15, 0.2) is 0 Å². The van der Waals surface area contributed by atoms with E-state index in [0.29, 0.717) is 11.3 Å². The Kier molecular flexibility index (Phi) is 5.57. The van der Waals surface area contributed by atoms with Crippen LogP contribution in [0.4, 0.5) is 18.9 Å². The van der Waals surface area contributed by atoms with Crippen molar-refractivity contribution in [2.24, 2.45) is 0 Å². The predicted molar refractivity (Wildman–Crippen MR) is 94.9 cm³/mol. The van der Waals surface area contributed by atoms with Gasteiger partial charge in [-0.3, -0.25) is 9.29 Å². The molecule has 2 heterocycles. The molecule has 1 aromatic carbocycles. The summed E-state index contributed by atoms with van der Waals surface area (Å²) in [6.07, 6.45) is -0.613. The minimum atomic E-state index is -3.73. The zero-order valence-electron chi connectivity index (χ0n) is 14.2. The van der Waals surface area contributed by atoms with Gasteiger partial charge in [0, 0.05) is 6.20 Å². The smallest absolute Gasteiger partial charge is 0.314 e. The average Bonchev–Trinajstić information content (AvgIpc) is 3.12. The molecule has 12 heteroatoms. The van der Waals surface area contributed by atoms with Crippen molar-refractivity contribution < 1.29 is 26.0 Å². The molecule has 0 bridgehead atoms. The molecular weight excluding hydrogens is 421 g/mol. The number of halogens is 4. The summed E-state index contributed by atoms with van der Waals surface area (Å²) in [4.78, 5) is 4.10. The van der Waals surface area contributed by atoms with Crippen molar-refractivity contribution in [1.82, 2.24) is 15.2 Å². The van der Waals surface area contributed by atoms with Gasteiger partial charge in [0.1, 0.15) is 5.82 Å². The van der Waals surface area contributed by atoms with E-state index >= 15 is 0 Å². The standard InChI is InChI=1S/C16H12ClF3N4O3S/c1-28(25,26)24(11-4-5-13(18)12(17)6-11)8-10-3-2-9(7-21-10)15-22-23-16(27-15)14(19)20/h2-7,14H,8H2,1H3. The predicted octanol–water partition coefficient (Wildman–Crippen LogP) is 3.83. The molecule has 0 unspecified atom stereocenters. The van der Waals surface area contributed by atoms with Crippen molar-refractivity contribution in [3.8, 4) is 11.5 Å². The molecule has 0 fully saturated rings. The maximum absolute atomic E-state index is 13.4. The van der Waals surface area contributed by atoms with Crippen LogP contribution in [0.2, 0.25) is 5.02 Å². The van der Waals surface area contributed by atoms with Gasteiger partial charge in [-0.05, 0) is 30.3 Å². The average molecular weight is 433 g/mol. The molecule has 0 saturated carbocycles. The van der Waals surface area contributed by atoms with Crippen LogP contribution in [0.5, 0.6) is 0 Å². The number of aromatic nitrogens is 3. The lowest BCUT2D eigenvalue weighted by molar-refractivity contribution is 0.116. The fraction of sp³-hybridized carbons (Fsp3) is 0.188. The molecule has 148 valence electrons. The fourth-order valence-corrected chi connectivity index (χ4v) is 3.31. The Bertz CT molecular complexity index is 1090. The van der Waals surface area contributed by atoms with E-state index in [9.17, 15) is 21.6 Å². The normalized spacial score (nSPS) is 11.8. The van der Waals surface area contributed by atoms with Crippen molar-refractivity contribution in [3.63, 3.8) is 0 Å². The zero-order valence-corrected chi connectivity index (χ0v) is 15.8. The van der Waals surface area contributed by atoms with Crippen LogP contribution in [0.25, 0.3) is 11.5 Å². The Morgan fingerprint density at radius 1 is 1.21 bits per heavy atom. The molecule has 7 nitrogen and oxygen atoms in total. The molecule has 0 saturated heterocycles. The Hall–Kier alpha value is -2.66. The van der Waals surface area contributed by atoms with Gasteiger partial charge in [0.2, 0.25) is 15.9 Å². The summed E-state index contributed by atoms with van der Waals surface area (Å²) in [5.41, 5.74) is 0.792. The summed E-state index contributed by atoms with van der Waals surface area (Å²) >= 11 is 5.73. The highest BCUT2D eigenvalue weighted by Crippen LogP contribution is 2.27. The van der Waals surface area contributed by atoms with Gasteiger partial charge in [0.25, 0.3) is 5.89 Å². The van der Waals surface area contributed by atoms with E-state index in [1.54, 1.807) is 0 Å². The number of rotatable bonds is 6. The SMILES string of the molecule is CS(=O)(=O)N(Cc1ccc(-c2nnc(C(F)F)o2)cn1)c1ccc(F)c(Cl)c1. The summed E-state index contributed by atoms with van der Waals surface area (Å²) in [5.74, 6) is -1.63. The quantitative estimate of drug-likeness (QED) is 0.588. The van der Waals surface area contributed by atoms with Crippen LogP contribution in [-0.4, -0.2) is 29.9 Å². The first-order valence-corrected chi connectivity index (χ1v) is 9.87. The van der Waals surface area contributed by atoms with E-state index in [1.165, 1.54) is 30.5 Å². The van der Waals surface area contributed by atoms with E-state index in [-0.39, 0.29) is 23.1 Å².